The fraction of sp³-hybridized carbons (Fsp3) is 0.625. The van der Waals surface area contributed by atoms with Gasteiger partial charge in [0.25, 0.3) is 0 Å². The minimum Gasteiger partial charge on any atom is -0.380 e. The fourth-order valence-electron chi connectivity index (χ4n) is 2.46. The first-order valence-corrected chi connectivity index (χ1v) is 8.26. The van der Waals surface area contributed by atoms with Gasteiger partial charge in [-0.25, -0.2) is 0 Å². The number of likely N-dealkylation sites (N-methyl/N-ethyl adjacent to an activating group) is 1. The largest absolute Gasteiger partial charge is 0.380 e. The van der Waals surface area contributed by atoms with Gasteiger partial charge in [-0.05, 0) is 37.6 Å². The van der Waals surface area contributed by atoms with Gasteiger partial charge >= 0.3 is 0 Å². The second-order valence-electron chi connectivity index (χ2n) is 4.90. The van der Waals surface area contributed by atoms with Gasteiger partial charge in [-0.2, -0.15) is 0 Å². The van der Waals surface area contributed by atoms with E-state index >= 15 is 0 Å². The summed E-state index contributed by atoms with van der Waals surface area (Å²) < 4.78 is 6.60. The molecule has 0 radical (unpaired) electrons. The predicted octanol–water partition coefficient (Wildman–Crippen LogP) is 3.59. The summed E-state index contributed by atoms with van der Waals surface area (Å²) in [6, 6.07) is 8.83. The van der Waals surface area contributed by atoms with Gasteiger partial charge in [0.1, 0.15) is 0 Å². The molecule has 0 aromatic heterocycles. The zero-order valence-electron chi connectivity index (χ0n) is 12.8. The third kappa shape index (κ3) is 5.17. The second-order valence-corrected chi connectivity index (χ2v) is 5.81. The second kappa shape index (κ2) is 9.50. The SMILES string of the molecule is CCOCCN(CC)C(c1cccc(Br)c1)C(N)CC. The average Bonchev–Trinajstić information content (AvgIpc) is 2.46. The van der Waals surface area contributed by atoms with Gasteiger partial charge in [0.05, 0.1) is 6.61 Å². The number of ether oxygens (including phenoxy) is 1. The van der Waals surface area contributed by atoms with Gasteiger partial charge < -0.3 is 10.5 Å². The molecular formula is C16H27BrN2O. The Bertz CT molecular complexity index is 386. The molecule has 0 aliphatic carbocycles. The third-order valence-electron chi connectivity index (χ3n) is 3.59. The molecule has 20 heavy (non-hydrogen) atoms. The van der Waals surface area contributed by atoms with E-state index in [4.69, 9.17) is 10.5 Å². The van der Waals surface area contributed by atoms with E-state index in [0.717, 1.165) is 37.2 Å². The van der Waals surface area contributed by atoms with Crippen molar-refractivity contribution in [1.29, 1.82) is 0 Å². The Morgan fingerprint density at radius 3 is 2.60 bits per heavy atom. The van der Waals surface area contributed by atoms with Crippen molar-refractivity contribution < 1.29 is 4.74 Å². The Morgan fingerprint density at radius 2 is 2.05 bits per heavy atom. The van der Waals surface area contributed by atoms with Crippen LogP contribution in [0.25, 0.3) is 0 Å². The molecule has 2 unspecified atom stereocenters. The van der Waals surface area contributed by atoms with Gasteiger partial charge in [-0.1, -0.05) is 41.9 Å². The summed E-state index contributed by atoms with van der Waals surface area (Å²) in [4.78, 5) is 2.41. The Kier molecular flexibility index (Phi) is 8.38. The van der Waals surface area contributed by atoms with Crippen LogP contribution in [0.4, 0.5) is 0 Å². The quantitative estimate of drug-likeness (QED) is 0.697. The number of hydrogen-bond acceptors (Lipinski definition) is 3. The van der Waals surface area contributed by atoms with Crippen molar-refractivity contribution in [2.45, 2.75) is 39.3 Å². The fourth-order valence-corrected chi connectivity index (χ4v) is 2.88. The molecule has 0 fully saturated rings. The molecule has 2 N–H and O–H groups in total. The highest BCUT2D eigenvalue weighted by Crippen LogP contribution is 2.27. The number of nitrogens with zero attached hydrogens (tertiary/aromatic N) is 1. The minimum absolute atomic E-state index is 0.130. The van der Waals surface area contributed by atoms with Crippen molar-refractivity contribution in [2.24, 2.45) is 5.73 Å². The number of rotatable bonds is 9. The molecule has 0 bridgehead atoms. The van der Waals surface area contributed by atoms with Crippen molar-refractivity contribution in [3.63, 3.8) is 0 Å². The van der Waals surface area contributed by atoms with E-state index < -0.39 is 0 Å². The molecule has 0 aliphatic rings. The van der Waals surface area contributed by atoms with E-state index in [9.17, 15) is 0 Å². The summed E-state index contributed by atoms with van der Waals surface area (Å²) in [5.74, 6) is 0. The van der Waals surface area contributed by atoms with Crippen molar-refractivity contribution in [3.05, 3.63) is 34.3 Å². The molecule has 1 aromatic rings. The molecule has 3 nitrogen and oxygen atoms in total. The van der Waals surface area contributed by atoms with Gasteiger partial charge in [0.2, 0.25) is 0 Å². The van der Waals surface area contributed by atoms with Crippen LogP contribution in [0.2, 0.25) is 0 Å². The van der Waals surface area contributed by atoms with Crippen molar-refractivity contribution in [1.82, 2.24) is 4.90 Å². The summed E-state index contributed by atoms with van der Waals surface area (Å²) in [6.45, 7) is 9.75. The van der Waals surface area contributed by atoms with Gasteiger partial charge in [-0.3, -0.25) is 4.90 Å². The Labute approximate surface area is 131 Å². The van der Waals surface area contributed by atoms with Crippen LogP contribution in [0.5, 0.6) is 0 Å². The molecule has 114 valence electrons. The Balaban J connectivity index is 2.91. The van der Waals surface area contributed by atoms with Crippen LogP contribution in [0.15, 0.2) is 28.7 Å². The Morgan fingerprint density at radius 1 is 1.30 bits per heavy atom. The van der Waals surface area contributed by atoms with Crippen LogP contribution >= 0.6 is 15.9 Å². The molecular weight excluding hydrogens is 316 g/mol. The van der Waals surface area contributed by atoms with Crippen LogP contribution in [-0.4, -0.2) is 37.2 Å². The van der Waals surface area contributed by atoms with Crippen LogP contribution in [0.1, 0.15) is 38.8 Å². The smallest absolute Gasteiger partial charge is 0.0593 e. The van der Waals surface area contributed by atoms with Crippen molar-refractivity contribution >= 4 is 15.9 Å². The molecule has 1 rings (SSSR count). The van der Waals surface area contributed by atoms with Crippen LogP contribution in [0, 0.1) is 0 Å². The topological polar surface area (TPSA) is 38.5 Å². The highest BCUT2D eigenvalue weighted by atomic mass is 79.9. The van der Waals surface area contributed by atoms with E-state index in [-0.39, 0.29) is 12.1 Å². The summed E-state index contributed by atoms with van der Waals surface area (Å²) in [6.07, 6.45) is 0.961. The summed E-state index contributed by atoms with van der Waals surface area (Å²) in [7, 11) is 0. The molecule has 1 aromatic carbocycles. The molecule has 0 heterocycles. The average molecular weight is 343 g/mol. The molecule has 0 aliphatic heterocycles. The number of nitrogens with two attached hydrogens (primary N) is 1. The number of halogens is 1. The lowest BCUT2D eigenvalue weighted by Crippen LogP contribution is -2.42. The maximum absolute atomic E-state index is 6.38. The Hall–Kier alpha value is -0.420. The van der Waals surface area contributed by atoms with E-state index in [2.05, 4.69) is 58.9 Å². The lowest BCUT2D eigenvalue weighted by Gasteiger charge is -2.35. The van der Waals surface area contributed by atoms with Crippen molar-refractivity contribution in [2.75, 3.05) is 26.3 Å². The summed E-state index contributed by atoms with van der Waals surface area (Å²) in [5, 5.41) is 0. The highest BCUT2D eigenvalue weighted by Gasteiger charge is 2.24. The van der Waals surface area contributed by atoms with E-state index in [1.807, 2.05) is 6.92 Å². The first-order chi connectivity index (χ1) is 9.63. The molecule has 4 heteroatoms. The minimum atomic E-state index is 0.130. The molecule has 0 amide bonds. The summed E-state index contributed by atoms with van der Waals surface area (Å²) in [5.41, 5.74) is 7.65. The zero-order valence-corrected chi connectivity index (χ0v) is 14.4. The summed E-state index contributed by atoms with van der Waals surface area (Å²) >= 11 is 3.55. The van der Waals surface area contributed by atoms with Crippen LogP contribution < -0.4 is 5.73 Å². The lowest BCUT2D eigenvalue weighted by atomic mass is 9.96. The standard InChI is InChI=1S/C16H27BrN2O/c1-4-15(18)16(13-8-7-9-14(17)12-13)19(5-2)10-11-20-6-3/h7-9,12,15-16H,4-6,10-11,18H2,1-3H3. The van der Waals surface area contributed by atoms with Gasteiger partial charge in [-0.15, -0.1) is 0 Å². The monoisotopic (exact) mass is 342 g/mol. The van der Waals surface area contributed by atoms with E-state index in [1.54, 1.807) is 0 Å². The van der Waals surface area contributed by atoms with Crippen LogP contribution in [-0.2, 0) is 4.74 Å². The molecule has 2 atom stereocenters. The number of benzene rings is 1. The van der Waals surface area contributed by atoms with Crippen LogP contribution in [0.3, 0.4) is 0 Å². The van der Waals surface area contributed by atoms with Crippen molar-refractivity contribution in [3.8, 4) is 0 Å². The highest BCUT2D eigenvalue weighted by molar-refractivity contribution is 9.10. The van der Waals surface area contributed by atoms with Gasteiger partial charge in [0.15, 0.2) is 0 Å². The zero-order chi connectivity index (χ0) is 15.0. The van der Waals surface area contributed by atoms with Gasteiger partial charge in [0, 0.05) is 29.7 Å². The molecule has 0 saturated carbocycles. The maximum Gasteiger partial charge on any atom is 0.0593 e. The first kappa shape index (κ1) is 17.6. The predicted molar refractivity (Wildman–Crippen MR) is 88.9 cm³/mol. The van der Waals surface area contributed by atoms with E-state index in [0.29, 0.717) is 0 Å². The normalized spacial score (nSPS) is 14.5. The molecule has 0 saturated heterocycles. The first-order valence-electron chi connectivity index (χ1n) is 7.46. The maximum atomic E-state index is 6.38. The van der Waals surface area contributed by atoms with E-state index in [1.165, 1.54) is 5.56 Å². The molecule has 0 spiro atoms. The lowest BCUT2D eigenvalue weighted by molar-refractivity contribution is 0.0888. The number of hydrogen-bond donors (Lipinski definition) is 1. The third-order valence-corrected chi connectivity index (χ3v) is 4.09.